The third-order valence-electron chi connectivity index (χ3n) is 6.97. The number of nitrogens with zero attached hydrogens (tertiary/aromatic N) is 2. The zero-order valence-electron chi connectivity index (χ0n) is 26.2. The molecule has 10 heteroatoms. The highest BCUT2D eigenvalue weighted by Gasteiger charge is 2.13. The van der Waals surface area contributed by atoms with Gasteiger partial charge < -0.3 is 28.5 Å². The molecule has 3 aromatic carbocycles. The molecule has 2 heterocycles. The molecule has 0 bridgehead atoms. The van der Waals surface area contributed by atoms with Gasteiger partial charge >= 0.3 is 5.91 Å². The van der Waals surface area contributed by atoms with E-state index in [1.54, 1.807) is 30.3 Å². The van der Waals surface area contributed by atoms with E-state index in [1.165, 1.54) is 6.21 Å². The number of carbonyl (C=O) groups is 2. The van der Waals surface area contributed by atoms with E-state index in [-0.39, 0.29) is 24.9 Å². The fourth-order valence-corrected chi connectivity index (χ4v) is 4.69. The minimum atomic E-state index is -0.506. The topological polar surface area (TPSA) is 116 Å². The van der Waals surface area contributed by atoms with Crippen LogP contribution < -0.4 is 25.0 Å². The van der Waals surface area contributed by atoms with Gasteiger partial charge in [-0.05, 0) is 112 Å². The van der Waals surface area contributed by atoms with Crippen molar-refractivity contribution in [3.8, 4) is 22.9 Å². The molecule has 2 amide bonds. The van der Waals surface area contributed by atoms with E-state index >= 15 is 0 Å². The summed E-state index contributed by atoms with van der Waals surface area (Å²) in [5.74, 6) is 1.35. The van der Waals surface area contributed by atoms with Gasteiger partial charge in [0.25, 0.3) is 5.91 Å². The summed E-state index contributed by atoms with van der Waals surface area (Å²) in [6, 6.07) is 27.9. The summed E-state index contributed by atoms with van der Waals surface area (Å²) < 4.78 is 25.1. The molecule has 0 aliphatic rings. The van der Waals surface area contributed by atoms with Crippen molar-refractivity contribution < 1.29 is 28.2 Å². The Morgan fingerprint density at radius 2 is 1.57 bits per heavy atom. The Labute approximate surface area is 267 Å². The first-order valence-corrected chi connectivity index (χ1v) is 14.9. The number of nitrogens with one attached hydrogen (secondary N) is 2. The van der Waals surface area contributed by atoms with Crippen molar-refractivity contribution in [3.05, 3.63) is 125 Å². The van der Waals surface area contributed by atoms with Crippen LogP contribution in [-0.4, -0.2) is 35.8 Å². The lowest BCUT2D eigenvalue weighted by molar-refractivity contribution is -0.118. The summed E-state index contributed by atoms with van der Waals surface area (Å²) in [4.78, 5) is 24.9. The number of benzene rings is 3. The molecular formula is C36H36N4O6. The molecule has 10 nitrogen and oxygen atoms in total. The minimum Gasteiger partial charge on any atom is -0.490 e. The number of carbonyl (C=O) groups excluding carboxylic acids is 2. The average molecular weight is 621 g/mol. The van der Waals surface area contributed by atoms with Crippen LogP contribution >= 0.6 is 0 Å². The minimum absolute atomic E-state index is 0.104. The largest absolute Gasteiger partial charge is 0.490 e. The first kappa shape index (κ1) is 31.6. The maximum Gasteiger partial charge on any atom is 0.307 e. The molecule has 0 aliphatic heterocycles. The molecule has 0 saturated heterocycles. The predicted octanol–water partition coefficient (Wildman–Crippen LogP) is 6.75. The van der Waals surface area contributed by atoms with Gasteiger partial charge in [-0.2, -0.15) is 5.10 Å². The van der Waals surface area contributed by atoms with Gasteiger partial charge in [0, 0.05) is 22.8 Å². The summed E-state index contributed by atoms with van der Waals surface area (Å²) in [5, 5.41) is 6.84. The van der Waals surface area contributed by atoms with Crippen LogP contribution in [0.15, 0.2) is 101 Å². The van der Waals surface area contributed by atoms with E-state index in [9.17, 15) is 9.59 Å². The van der Waals surface area contributed by atoms with Gasteiger partial charge in [0.15, 0.2) is 23.9 Å². The number of hydrogen-bond donors (Lipinski definition) is 2. The lowest BCUT2D eigenvalue weighted by Gasteiger charge is -2.12. The number of ether oxygens (including phenoxy) is 3. The molecule has 0 aliphatic carbocycles. The van der Waals surface area contributed by atoms with Crippen molar-refractivity contribution in [2.24, 2.45) is 5.10 Å². The van der Waals surface area contributed by atoms with Gasteiger partial charge in [0.1, 0.15) is 18.1 Å². The number of aryl methyl sites for hydroxylation is 3. The number of hydrazone groups is 1. The number of hydrogen-bond acceptors (Lipinski definition) is 7. The molecule has 0 unspecified atom stereocenters. The maximum absolute atomic E-state index is 12.6. The molecule has 5 aromatic rings. The van der Waals surface area contributed by atoms with E-state index in [1.807, 2.05) is 62.4 Å². The van der Waals surface area contributed by atoms with E-state index in [0.29, 0.717) is 40.9 Å². The Kier molecular flexibility index (Phi) is 10.2. The Morgan fingerprint density at radius 1 is 0.826 bits per heavy atom. The van der Waals surface area contributed by atoms with Gasteiger partial charge in [-0.25, -0.2) is 5.43 Å². The summed E-state index contributed by atoms with van der Waals surface area (Å²) >= 11 is 0. The molecule has 0 atom stereocenters. The highest BCUT2D eigenvalue weighted by molar-refractivity contribution is 5.93. The SMILES string of the molecule is CCOc1cc(/C=N/NC(=O)c2ccc(COc3ccc(-n4c(C)ccc4C)cc3)o2)ccc1OCC(=O)Nc1ccc(C)cc1. The van der Waals surface area contributed by atoms with E-state index in [2.05, 4.69) is 46.4 Å². The van der Waals surface area contributed by atoms with Crippen molar-refractivity contribution in [1.82, 2.24) is 9.99 Å². The summed E-state index contributed by atoms with van der Waals surface area (Å²) in [6.45, 7) is 8.33. The lowest BCUT2D eigenvalue weighted by Crippen LogP contribution is -2.20. The van der Waals surface area contributed by atoms with Crippen molar-refractivity contribution in [2.45, 2.75) is 34.3 Å². The fourth-order valence-electron chi connectivity index (χ4n) is 4.69. The zero-order chi connectivity index (χ0) is 32.5. The van der Waals surface area contributed by atoms with E-state index < -0.39 is 5.91 Å². The standard InChI is InChI=1S/C36H36N4O6/c1-5-43-34-20-27(10-18-32(34)45-23-35(41)38-28-11-6-24(2)7-12-28)21-37-39-36(42)33-19-17-31(46-33)22-44-30-15-13-29(14-16-30)40-25(3)8-9-26(40)4/h6-21H,5,22-23H2,1-4H3,(H,38,41)(H,39,42)/b37-21+. The lowest BCUT2D eigenvalue weighted by atomic mass is 10.2. The van der Waals surface area contributed by atoms with Gasteiger partial charge in [0.2, 0.25) is 0 Å². The summed E-state index contributed by atoms with van der Waals surface area (Å²) in [7, 11) is 0. The van der Waals surface area contributed by atoms with Crippen LogP contribution in [0.1, 0.15) is 45.8 Å². The van der Waals surface area contributed by atoms with E-state index in [0.717, 1.165) is 22.6 Å². The second-order valence-corrected chi connectivity index (χ2v) is 10.5. The molecular weight excluding hydrogens is 584 g/mol. The fraction of sp³-hybridized carbons (Fsp3) is 0.194. The molecule has 2 N–H and O–H groups in total. The van der Waals surface area contributed by atoms with Crippen LogP contribution in [0.25, 0.3) is 5.69 Å². The Balaban J connectivity index is 1.11. The molecule has 2 aromatic heterocycles. The zero-order valence-corrected chi connectivity index (χ0v) is 26.2. The molecule has 236 valence electrons. The molecule has 5 rings (SSSR count). The molecule has 46 heavy (non-hydrogen) atoms. The Hall–Kier alpha value is -5.77. The summed E-state index contributed by atoms with van der Waals surface area (Å²) in [6.07, 6.45) is 1.47. The number of furan rings is 1. The quantitative estimate of drug-likeness (QED) is 0.111. The van der Waals surface area contributed by atoms with Crippen LogP contribution in [0.2, 0.25) is 0 Å². The smallest absolute Gasteiger partial charge is 0.307 e. The first-order chi connectivity index (χ1) is 22.3. The van der Waals surface area contributed by atoms with Crippen LogP contribution in [0.4, 0.5) is 5.69 Å². The Morgan fingerprint density at radius 3 is 2.28 bits per heavy atom. The van der Waals surface area contributed by atoms with E-state index in [4.69, 9.17) is 18.6 Å². The summed E-state index contributed by atoms with van der Waals surface area (Å²) in [5.41, 5.74) is 8.29. The van der Waals surface area contributed by atoms with Gasteiger partial charge in [-0.3, -0.25) is 9.59 Å². The highest BCUT2D eigenvalue weighted by atomic mass is 16.5. The van der Waals surface area contributed by atoms with Gasteiger partial charge in [-0.1, -0.05) is 17.7 Å². The van der Waals surface area contributed by atoms with Crippen LogP contribution in [0, 0.1) is 20.8 Å². The highest BCUT2D eigenvalue weighted by Crippen LogP contribution is 2.28. The molecule has 0 saturated carbocycles. The van der Waals surface area contributed by atoms with Crippen molar-refractivity contribution >= 4 is 23.7 Å². The number of aromatic nitrogens is 1. The van der Waals surface area contributed by atoms with Crippen molar-refractivity contribution in [3.63, 3.8) is 0 Å². The van der Waals surface area contributed by atoms with Crippen molar-refractivity contribution in [1.29, 1.82) is 0 Å². The number of anilines is 1. The van der Waals surface area contributed by atoms with Gasteiger partial charge in [-0.15, -0.1) is 0 Å². The second kappa shape index (κ2) is 14.8. The third kappa shape index (κ3) is 8.23. The number of rotatable bonds is 13. The number of amides is 2. The maximum atomic E-state index is 12.6. The Bertz CT molecular complexity index is 1800. The average Bonchev–Trinajstić information content (AvgIpc) is 3.67. The molecule has 0 spiro atoms. The van der Waals surface area contributed by atoms with Crippen LogP contribution in [-0.2, 0) is 11.4 Å². The van der Waals surface area contributed by atoms with Crippen molar-refractivity contribution in [2.75, 3.05) is 18.5 Å². The second-order valence-electron chi connectivity index (χ2n) is 10.5. The predicted molar refractivity (Wildman–Crippen MR) is 176 cm³/mol. The normalized spacial score (nSPS) is 11.0. The van der Waals surface area contributed by atoms with Crippen LogP contribution in [0.5, 0.6) is 17.2 Å². The monoisotopic (exact) mass is 620 g/mol. The molecule has 0 radical (unpaired) electrons. The van der Waals surface area contributed by atoms with Crippen LogP contribution in [0.3, 0.4) is 0 Å². The molecule has 0 fully saturated rings. The first-order valence-electron chi connectivity index (χ1n) is 14.9. The third-order valence-corrected chi connectivity index (χ3v) is 6.97. The van der Waals surface area contributed by atoms with Gasteiger partial charge in [0.05, 0.1) is 12.8 Å².